The summed E-state index contributed by atoms with van der Waals surface area (Å²) in [5.74, 6) is 1.09. The molecule has 0 radical (unpaired) electrons. The highest BCUT2D eigenvalue weighted by Gasteiger charge is 2.68. The molecule has 0 N–H and O–H groups in total. The van der Waals surface area contributed by atoms with Crippen LogP contribution in [0.4, 0.5) is 0 Å². The van der Waals surface area contributed by atoms with Crippen LogP contribution in [0.1, 0.15) is 97.8 Å². The van der Waals surface area contributed by atoms with Gasteiger partial charge in [0.2, 0.25) is 5.90 Å². The van der Waals surface area contributed by atoms with Crippen LogP contribution in [-0.2, 0) is 15.7 Å². The van der Waals surface area contributed by atoms with Crippen molar-refractivity contribution in [3.63, 3.8) is 0 Å². The van der Waals surface area contributed by atoms with Crippen LogP contribution in [0.5, 0.6) is 0 Å². The highest BCUT2D eigenvalue weighted by atomic mass is 16.5. The number of benzene rings is 4. The predicted octanol–water partition coefficient (Wildman–Crippen LogP) is 12.1. The maximum atomic E-state index is 7.20. The molecule has 2 aliphatic rings. The molecule has 6 heteroatoms. The third kappa shape index (κ3) is 4.41. The summed E-state index contributed by atoms with van der Waals surface area (Å²) in [6, 6.07) is 31.6. The SMILES string of the molecule is Cc1cc(C)c2c(c1)[C@@]1(C)N=C(c3cc(-n4c5ccc(C)cc5c5ccc(-n6c7ccc(C(C)C)cc7c7cccnc76)cc54)c(C)nc3C)O[C@@]1(C)C2(C)C. The maximum absolute atomic E-state index is 7.20. The Morgan fingerprint density at radius 2 is 1.41 bits per heavy atom. The lowest BCUT2D eigenvalue weighted by Gasteiger charge is -2.41. The van der Waals surface area contributed by atoms with Gasteiger partial charge < -0.3 is 9.30 Å². The summed E-state index contributed by atoms with van der Waals surface area (Å²) >= 11 is 0. The van der Waals surface area contributed by atoms with Gasteiger partial charge in [0.1, 0.15) is 16.8 Å². The van der Waals surface area contributed by atoms with E-state index in [-0.39, 0.29) is 5.41 Å². The summed E-state index contributed by atoms with van der Waals surface area (Å²) in [5.41, 5.74) is 15.5. The topological polar surface area (TPSA) is 57.2 Å². The van der Waals surface area contributed by atoms with Crippen LogP contribution in [0, 0.1) is 34.6 Å². The lowest BCUT2D eigenvalue weighted by Crippen LogP contribution is -2.51. The molecule has 6 nitrogen and oxygen atoms in total. The Morgan fingerprint density at radius 1 is 0.661 bits per heavy atom. The van der Waals surface area contributed by atoms with E-state index in [0.29, 0.717) is 11.8 Å². The van der Waals surface area contributed by atoms with E-state index in [1.165, 1.54) is 49.5 Å². The smallest absolute Gasteiger partial charge is 0.219 e. The summed E-state index contributed by atoms with van der Waals surface area (Å²) in [6.45, 7) is 24.4. The van der Waals surface area contributed by atoms with Crippen molar-refractivity contribution < 1.29 is 4.74 Å². The molecule has 0 amide bonds. The first-order valence-corrected chi connectivity index (χ1v) is 20.0. The second kappa shape index (κ2) is 11.4. The van der Waals surface area contributed by atoms with Crippen molar-refractivity contribution in [2.24, 2.45) is 4.99 Å². The van der Waals surface area contributed by atoms with Crippen LogP contribution < -0.4 is 0 Å². The highest BCUT2D eigenvalue weighted by molar-refractivity contribution is 6.12. The molecule has 0 fully saturated rings. The van der Waals surface area contributed by atoms with Crippen molar-refractivity contribution >= 4 is 49.6 Å². The second-order valence-corrected chi connectivity index (χ2v) is 17.7. The largest absolute Gasteiger partial charge is 0.467 e. The molecule has 2 atom stereocenters. The van der Waals surface area contributed by atoms with Gasteiger partial charge in [-0.1, -0.05) is 69.2 Å². The van der Waals surface area contributed by atoms with Gasteiger partial charge in [-0.3, -0.25) is 9.55 Å². The summed E-state index contributed by atoms with van der Waals surface area (Å²) in [7, 11) is 0. The first-order chi connectivity index (χ1) is 26.6. The fourth-order valence-electron chi connectivity index (χ4n) is 10.4. The summed E-state index contributed by atoms with van der Waals surface area (Å²) in [4.78, 5) is 15.7. The summed E-state index contributed by atoms with van der Waals surface area (Å²) < 4.78 is 11.9. The van der Waals surface area contributed by atoms with Gasteiger partial charge in [0.15, 0.2) is 0 Å². The zero-order valence-electron chi connectivity index (χ0n) is 34.4. The molecule has 1 aliphatic carbocycles. The Bertz CT molecular complexity index is 3050. The average Bonchev–Trinajstić information content (AvgIpc) is 3.78. The van der Waals surface area contributed by atoms with E-state index in [4.69, 9.17) is 19.7 Å². The van der Waals surface area contributed by atoms with E-state index < -0.39 is 11.1 Å². The van der Waals surface area contributed by atoms with E-state index in [0.717, 1.165) is 55.9 Å². The Balaban J connectivity index is 1.21. The van der Waals surface area contributed by atoms with Gasteiger partial charge >= 0.3 is 0 Å². The first-order valence-electron chi connectivity index (χ1n) is 20.0. The van der Waals surface area contributed by atoms with Crippen molar-refractivity contribution in [3.05, 3.63) is 141 Å². The standard InChI is InChI=1S/C50H49N5O/c1-27(2)33-15-19-41-39(24-33)36-13-12-20-51-46(36)54(41)34-16-17-35-38-22-28(3)14-18-42(38)55(44(35)25-34)43-26-37(31(6)52-32(43)7)47-53-49(10)40-23-29(4)21-30(5)45(40)48(8,9)50(49,11)56-47/h12-27H,1-11H3/t49-,50+/m1/s1. The fraction of sp³-hybridized carbons (Fsp3) is 0.300. The maximum Gasteiger partial charge on any atom is 0.219 e. The molecule has 0 saturated carbocycles. The molecule has 4 aromatic carbocycles. The average molecular weight is 736 g/mol. The number of pyridine rings is 2. The Labute approximate surface area is 328 Å². The quantitative estimate of drug-likeness (QED) is 0.181. The number of rotatable bonds is 4. The van der Waals surface area contributed by atoms with Crippen molar-refractivity contribution in [2.75, 3.05) is 0 Å². The fourth-order valence-corrected chi connectivity index (χ4v) is 10.4. The van der Waals surface area contributed by atoms with Crippen molar-refractivity contribution in [3.8, 4) is 11.4 Å². The molecule has 56 heavy (non-hydrogen) atoms. The van der Waals surface area contributed by atoms with E-state index in [2.05, 4.69) is 164 Å². The van der Waals surface area contributed by atoms with Gasteiger partial charge in [0, 0.05) is 38.8 Å². The molecule has 0 unspecified atom stereocenters. The van der Waals surface area contributed by atoms with Gasteiger partial charge in [-0.2, -0.15) is 0 Å². The van der Waals surface area contributed by atoms with Crippen molar-refractivity contribution in [2.45, 2.75) is 98.6 Å². The summed E-state index contributed by atoms with van der Waals surface area (Å²) in [6.07, 6.45) is 1.90. The van der Waals surface area contributed by atoms with E-state index in [1.54, 1.807) is 0 Å². The summed E-state index contributed by atoms with van der Waals surface area (Å²) in [5, 5.41) is 4.78. The minimum absolute atomic E-state index is 0.270. The molecule has 8 aromatic rings. The Morgan fingerprint density at radius 3 is 2.20 bits per heavy atom. The normalized spacial score (nSPS) is 20.0. The molecule has 4 aromatic heterocycles. The number of hydrogen-bond donors (Lipinski definition) is 0. The molecule has 5 heterocycles. The monoisotopic (exact) mass is 735 g/mol. The highest BCUT2D eigenvalue weighted by Crippen LogP contribution is 2.62. The second-order valence-electron chi connectivity index (χ2n) is 17.7. The minimum atomic E-state index is -0.584. The Kier molecular flexibility index (Phi) is 7.07. The lowest BCUT2D eigenvalue weighted by molar-refractivity contribution is -0.0137. The number of ether oxygens (including phenoxy) is 1. The zero-order valence-corrected chi connectivity index (χ0v) is 34.4. The van der Waals surface area contributed by atoms with Gasteiger partial charge in [0.25, 0.3) is 0 Å². The van der Waals surface area contributed by atoms with E-state index >= 15 is 0 Å². The molecule has 10 rings (SSSR count). The van der Waals surface area contributed by atoms with Gasteiger partial charge in [-0.15, -0.1) is 0 Å². The van der Waals surface area contributed by atoms with Crippen molar-refractivity contribution in [1.29, 1.82) is 0 Å². The van der Waals surface area contributed by atoms with Crippen LogP contribution in [0.2, 0.25) is 0 Å². The van der Waals surface area contributed by atoms with Crippen LogP contribution in [0.15, 0.2) is 96.1 Å². The van der Waals surface area contributed by atoms with Crippen LogP contribution in [-0.4, -0.2) is 30.6 Å². The minimum Gasteiger partial charge on any atom is -0.467 e. The third-order valence-corrected chi connectivity index (χ3v) is 13.6. The number of aryl methyl sites for hydroxylation is 5. The molecular weight excluding hydrogens is 687 g/mol. The van der Waals surface area contributed by atoms with Gasteiger partial charge in [0.05, 0.1) is 39.2 Å². The number of hydrogen-bond acceptors (Lipinski definition) is 4. The third-order valence-electron chi connectivity index (χ3n) is 13.6. The number of aromatic nitrogens is 4. The van der Waals surface area contributed by atoms with Crippen LogP contribution in [0.25, 0.3) is 55.1 Å². The molecule has 1 aliphatic heterocycles. The van der Waals surface area contributed by atoms with Gasteiger partial charge in [-0.05, 0) is 131 Å². The van der Waals surface area contributed by atoms with Crippen molar-refractivity contribution in [1.82, 2.24) is 19.1 Å². The molecule has 0 bridgehead atoms. The molecule has 0 saturated heterocycles. The number of fused-ring (bicyclic) bond motifs is 9. The zero-order chi connectivity index (χ0) is 39.2. The van der Waals surface area contributed by atoms with E-state index in [9.17, 15) is 0 Å². The molecule has 0 spiro atoms. The first kappa shape index (κ1) is 34.7. The predicted molar refractivity (Wildman–Crippen MR) is 231 cm³/mol. The Hall–Kier alpha value is -5.75. The van der Waals surface area contributed by atoms with E-state index in [1.807, 2.05) is 12.3 Å². The molecular formula is C50H49N5O. The van der Waals surface area contributed by atoms with Gasteiger partial charge in [-0.25, -0.2) is 9.98 Å². The van der Waals surface area contributed by atoms with Crippen LogP contribution in [0.3, 0.4) is 0 Å². The number of aliphatic imine (C=N–C) groups is 1. The molecule has 280 valence electrons. The number of nitrogens with zero attached hydrogens (tertiary/aromatic N) is 5. The van der Waals surface area contributed by atoms with Crippen LogP contribution >= 0.6 is 0 Å². The lowest BCUT2D eigenvalue weighted by atomic mass is 9.70.